The third kappa shape index (κ3) is 4.25. The summed E-state index contributed by atoms with van der Waals surface area (Å²) in [7, 11) is -2.98. The Kier molecular flexibility index (Phi) is 5.02. The van der Waals surface area contributed by atoms with Crippen molar-refractivity contribution in [1.82, 2.24) is 5.32 Å². The molecule has 4 heteroatoms. The van der Waals surface area contributed by atoms with Gasteiger partial charge in [-0.25, -0.2) is 8.42 Å². The summed E-state index contributed by atoms with van der Waals surface area (Å²) < 4.78 is 23.2. The summed E-state index contributed by atoms with van der Waals surface area (Å²) in [5, 5.41) is 3.37. The average molecular weight is 261 g/mol. The fourth-order valence-electron chi connectivity index (χ4n) is 2.35. The molecular weight excluding hydrogens is 234 g/mol. The molecule has 0 bridgehead atoms. The molecule has 0 aliphatic heterocycles. The van der Waals surface area contributed by atoms with Gasteiger partial charge >= 0.3 is 0 Å². The number of hydrogen-bond donors (Lipinski definition) is 1. The lowest BCUT2D eigenvalue weighted by Crippen LogP contribution is -2.39. The lowest BCUT2D eigenvalue weighted by molar-refractivity contribution is 0.388. The van der Waals surface area contributed by atoms with Gasteiger partial charge in [0.25, 0.3) is 0 Å². The van der Waals surface area contributed by atoms with E-state index in [9.17, 15) is 8.42 Å². The van der Waals surface area contributed by atoms with Gasteiger partial charge in [0.15, 0.2) is 9.84 Å². The molecule has 1 rings (SSSR count). The molecule has 0 heterocycles. The van der Waals surface area contributed by atoms with Crippen LogP contribution in [0.15, 0.2) is 0 Å². The smallest absolute Gasteiger partial charge is 0.156 e. The first-order valence-corrected chi connectivity index (χ1v) is 8.35. The van der Waals surface area contributed by atoms with Crippen molar-refractivity contribution in [2.45, 2.75) is 64.2 Å². The Morgan fingerprint density at radius 2 is 1.76 bits per heavy atom. The Hall–Kier alpha value is -0.0900. The van der Waals surface area contributed by atoms with E-state index < -0.39 is 14.6 Å². The van der Waals surface area contributed by atoms with Crippen LogP contribution in [0.4, 0.5) is 0 Å². The molecule has 17 heavy (non-hydrogen) atoms. The quantitative estimate of drug-likeness (QED) is 0.826. The van der Waals surface area contributed by atoms with Gasteiger partial charge in [0, 0.05) is 12.6 Å². The maximum absolute atomic E-state index is 11.9. The van der Waals surface area contributed by atoms with Gasteiger partial charge in [-0.2, -0.15) is 0 Å². The van der Waals surface area contributed by atoms with Crippen molar-refractivity contribution >= 4 is 9.84 Å². The Morgan fingerprint density at radius 3 is 2.24 bits per heavy atom. The van der Waals surface area contributed by atoms with Crippen molar-refractivity contribution in [3.63, 3.8) is 0 Å². The van der Waals surface area contributed by atoms with Gasteiger partial charge < -0.3 is 5.32 Å². The molecule has 1 aliphatic carbocycles. The lowest BCUT2D eigenvalue weighted by atomic mass is 10.00. The van der Waals surface area contributed by atoms with Crippen LogP contribution in [0.1, 0.15) is 53.4 Å². The van der Waals surface area contributed by atoms with Crippen molar-refractivity contribution in [2.75, 3.05) is 12.3 Å². The van der Waals surface area contributed by atoms with Crippen LogP contribution in [-0.2, 0) is 9.84 Å². The van der Waals surface area contributed by atoms with Crippen molar-refractivity contribution < 1.29 is 8.42 Å². The third-order valence-electron chi connectivity index (χ3n) is 3.88. The summed E-state index contributed by atoms with van der Waals surface area (Å²) in [6.45, 7) is 8.06. The first-order valence-electron chi connectivity index (χ1n) is 6.70. The largest absolute Gasteiger partial charge is 0.313 e. The van der Waals surface area contributed by atoms with Crippen molar-refractivity contribution in [3.8, 4) is 0 Å². The third-order valence-corrected chi connectivity index (χ3v) is 6.48. The summed E-state index contributed by atoms with van der Waals surface area (Å²) in [5.74, 6) is 0.987. The van der Waals surface area contributed by atoms with Crippen molar-refractivity contribution in [2.24, 2.45) is 5.92 Å². The standard InChI is InChI=1S/C13H27NO2S/c1-11(12-7-5-6-8-12)14-9-10-17(15,16)13(2,3)4/h11-12,14H,5-10H2,1-4H3/t11-/m1/s1. The second kappa shape index (κ2) is 5.70. The molecular formula is C13H27NO2S. The minimum atomic E-state index is -2.98. The van der Waals surface area contributed by atoms with Crippen molar-refractivity contribution in [3.05, 3.63) is 0 Å². The molecule has 0 aromatic carbocycles. The summed E-state index contributed by atoms with van der Waals surface area (Å²) in [4.78, 5) is 0. The zero-order valence-corrected chi connectivity index (χ0v) is 12.4. The summed E-state index contributed by atoms with van der Waals surface area (Å²) in [6.07, 6.45) is 5.24. The zero-order chi connectivity index (χ0) is 13.1. The van der Waals surface area contributed by atoms with Crippen LogP contribution >= 0.6 is 0 Å². The van der Waals surface area contributed by atoms with E-state index in [2.05, 4.69) is 12.2 Å². The number of hydrogen-bond acceptors (Lipinski definition) is 3. The normalized spacial score (nSPS) is 20.7. The molecule has 1 aliphatic rings. The molecule has 1 N–H and O–H groups in total. The minimum absolute atomic E-state index is 0.244. The SMILES string of the molecule is C[C@@H](NCCS(=O)(=O)C(C)(C)C)C1CCCC1. The predicted octanol–water partition coefficient (Wildman–Crippen LogP) is 2.37. The van der Waals surface area contributed by atoms with Gasteiger partial charge in [-0.1, -0.05) is 12.8 Å². The minimum Gasteiger partial charge on any atom is -0.313 e. The predicted molar refractivity (Wildman–Crippen MR) is 73.0 cm³/mol. The Morgan fingerprint density at radius 1 is 1.24 bits per heavy atom. The Labute approximate surface area is 106 Å². The van der Waals surface area contributed by atoms with Crippen LogP contribution in [0.2, 0.25) is 0 Å². The molecule has 0 spiro atoms. The number of rotatable bonds is 5. The molecule has 0 aromatic rings. The highest BCUT2D eigenvalue weighted by molar-refractivity contribution is 7.92. The topological polar surface area (TPSA) is 46.2 Å². The molecule has 0 aromatic heterocycles. The molecule has 1 fully saturated rings. The van der Waals surface area contributed by atoms with E-state index >= 15 is 0 Å². The van der Waals surface area contributed by atoms with Crippen LogP contribution in [-0.4, -0.2) is 31.5 Å². The molecule has 1 atom stereocenters. The fourth-order valence-corrected chi connectivity index (χ4v) is 3.35. The molecule has 0 saturated heterocycles. The summed E-state index contributed by atoms with van der Waals surface area (Å²) in [5.41, 5.74) is 0. The van der Waals surface area contributed by atoms with E-state index in [4.69, 9.17) is 0 Å². The van der Waals surface area contributed by atoms with E-state index in [1.165, 1.54) is 25.7 Å². The first kappa shape index (κ1) is 15.0. The van der Waals surface area contributed by atoms with Crippen LogP contribution in [0.25, 0.3) is 0 Å². The van der Waals surface area contributed by atoms with E-state index in [-0.39, 0.29) is 5.75 Å². The van der Waals surface area contributed by atoms with Gasteiger partial charge in [0.2, 0.25) is 0 Å². The second-order valence-corrected chi connectivity index (χ2v) is 9.08. The first-order chi connectivity index (χ1) is 7.74. The zero-order valence-electron chi connectivity index (χ0n) is 11.6. The summed E-state index contributed by atoms with van der Waals surface area (Å²) >= 11 is 0. The lowest BCUT2D eigenvalue weighted by Gasteiger charge is -2.23. The van der Waals surface area contributed by atoms with Crippen LogP contribution < -0.4 is 5.32 Å². The molecule has 0 unspecified atom stereocenters. The van der Waals surface area contributed by atoms with Gasteiger partial charge in [-0.15, -0.1) is 0 Å². The maximum atomic E-state index is 11.9. The Balaban J connectivity index is 2.32. The Bertz CT molecular complexity index is 324. The monoisotopic (exact) mass is 261 g/mol. The number of nitrogens with one attached hydrogen (secondary N) is 1. The van der Waals surface area contributed by atoms with Gasteiger partial charge in [0.1, 0.15) is 0 Å². The highest BCUT2D eigenvalue weighted by Crippen LogP contribution is 2.27. The van der Waals surface area contributed by atoms with Crippen LogP contribution in [0, 0.1) is 5.92 Å². The van der Waals surface area contributed by atoms with Crippen LogP contribution in [0.3, 0.4) is 0 Å². The second-order valence-electron chi connectivity index (χ2n) is 6.22. The van der Waals surface area contributed by atoms with Gasteiger partial charge in [-0.3, -0.25) is 0 Å². The maximum Gasteiger partial charge on any atom is 0.156 e. The van der Waals surface area contributed by atoms with Gasteiger partial charge in [-0.05, 0) is 46.5 Å². The van der Waals surface area contributed by atoms with Crippen LogP contribution in [0.5, 0.6) is 0 Å². The molecule has 102 valence electrons. The van der Waals surface area contributed by atoms with E-state index in [0.717, 1.165) is 5.92 Å². The van der Waals surface area contributed by atoms with E-state index in [0.29, 0.717) is 12.6 Å². The van der Waals surface area contributed by atoms with E-state index in [1.807, 2.05) is 0 Å². The average Bonchev–Trinajstić information content (AvgIpc) is 2.67. The highest BCUT2D eigenvalue weighted by Gasteiger charge is 2.28. The highest BCUT2D eigenvalue weighted by atomic mass is 32.2. The molecule has 0 amide bonds. The fraction of sp³-hybridized carbons (Fsp3) is 1.00. The van der Waals surface area contributed by atoms with Crippen molar-refractivity contribution in [1.29, 1.82) is 0 Å². The molecule has 1 saturated carbocycles. The molecule has 0 radical (unpaired) electrons. The van der Waals surface area contributed by atoms with Gasteiger partial charge in [0.05, 0.1) is 10.5 Å². The van der Waals surface area contributed by atoms with E-state index in [1.54, 1.807) is 20.8 Å². The summed E-state index contributed by atoms with van der Waals surface area (Å²) in [6, 6.07) is 0.452. The number of sulfone groups is 1. The molecule has 3 nitrogen and oxygen atoms in total.